The van der Waals surface area contributed by atoms with Crippen LogP contribution in [0.5, 0.6) is 11.5 Å². The first-order valence-electron chi connectivity index (χ1n) is 10.1. The molecular formula is C22H26N2O7. The van der Waals surface area contributed by atoms with Crippen LogP contribution in [-0.4, -0.2) is 37.5 Å². The number of carbonyl (C=O) groups is 2. The van der Waals surface area contributed by atoms with Crippen molar-refractivity contribution >= 4 is 17.4 Å². The molecule has 9 heteroatoms. The third-order valence-corrected chi connectivity index (χ3v) is 5.47. The fraction of sp³-hybridized carbons (Fsp3) is 0.455. The summed E-state index contributed by atoms with van der Waals surface area (Å²) in [5.41, 5.74) is 1.70. The van der Waals surface area contributed by atoms with Gasteiger partial charge in [-0.3, -0.25) is 14.9 Å². The molecule has 1 aromatic carbocycles. The number of esters is 1. The molecule has 9 nitrogen and oxygen atoms in total. The monoisotopic (exact) mass is 430 g/mol. The number of hydrogen-bond acceptors (Lipinski definition) is 8. The van der Waals surface area contributed by atoms with Crippen LogP contribution in [-0.2, 0) is 14.3 Å². The molecule has 0 bridgehead atoms. The zero-order chi connectivity index (χ0) is 22.7. The molecule has 0 spiro atoms. The van der Waals surface area contributed by atoms with Gasteiger partial charge in [-0.1, -0.05) is 6.92 Å². The molecule has 31 heavy (non-hydrogen) atoms. The molecule has 1 aliphatic carbocycles. The lowest BCUT2D eigenvalue weighted by molar-refractivity contribution is -0.385. The SMILES string of the molecule is CCCOC(=O)C1=C(C)NC2=C(C(=O)CCC2)[C@H]1c1cc(OC)c(OC)cc1[N+](=O)[O-]. The normalized spacial score (nSPS) is 18.3. The topological polar surface area (TPSA) is 117 Å². The van der Waals surface area contributed by atoms with E-state index in [0.717, 1.165) is 0 Å². The highest BCUT2D eigenvalue weighted by atomic mass is 16.6. The molecule has 0 saturated carbocycles. The van der Waals surface area contributed by atoms with Crippen LogP contribution in [0.25, 0.3) is 0 Å². The molecule has 1 N–H and O–H groups in total. The molecule has 1 atom stereocenters. The van der Waals surface area contributed by atoms with Gasteiger partial charge in [-0.25, -0.2) is 4.79 Å². The fourth-order valence-electron chi connectivity index (χ4n) is 4.11. The number of methoxy groups -OCH3 is 2. The third kappa shape index (κ3) is 4.12. The van der Waals surface area contributed by atoms with Gasteiger partial charge in [-0.05, 0) is 32.3 Å². The Balaban J connectivity index is 2.29. The number of allylic oxidation sites excluding steroid dienone is 3. The zero-order valence-corrected chi connectivity index (χ0v) is 18.1. The van der Waals surface area contributed by atoms with Crippen molar-refractivity contribution < 1.29 is 28.7 Å². The third-order valence-electron chi connectivity index (χ3n) is 5.47. The van der Waals surface area contributed by atoms with Crippen LogP contribution in [0.3, 0.4) is 0 Å². The summed E-state index contributed by atoms with van der Waals surface area (Å²) in [6.07, 6.45) is 2.23. The number of Topliss-reactive ketones (excluding diaryl/α,β-unsaturated/α-hetero) is 1. The molecule has 0 aromatic heterocycles. The number of nitro benzene ring substituents is 1. The predicted molar refractivity (Wildman–Crippen MR) is 112 cm³/mol. The van der Waals surface area contributed by atoms with Gasteiger partial charge in [-0.15, -0.1) is 0 Å². The van der Waals surface area contributed by atoms with Gasteiger partial charge >= 0.3 is 5.97 Å². The lowest BCUT2D eigenvalue weighted by atomic mass is 9.74. The van der Waals surface area contributed by atoms with E-state index in [1.165, 1.54) is 26.4 Å². The molecule has 3 rings (SSSR count). The van der Waals surface area contributed by atoms with Gasteiger partial charge in [0.05, 0.1) is 43.3 Å². The van der Waals surface area contributed by atoms with Gasteiger partial charge in [0.25, 0.3) is 5.69 Å². The number of benzene rings is 1. The number of ether oxygens (including phenoxy) is 3. The van der Waals surface area contributed by atoms with Crippen LogP contribution in [0.4, 0.5) is 5.69 Å². The Labute approximate surface area is 180 Å². The molecule has 1 aromatic rings. The highest BCUT2D eigenvalue weighted by Crippen LogP contribution is 2.47. The van der Waals surface area contributed by atoms with Gasteiger partial charge in [0.1, 0.15) is 0 Å². The Hall–Kier alpha value is -3.36. The van der Waals surface area contributed by atoms with Crippen LogP contribution >= 0.6 is 0 Å². The smallest absolute Gasteiger partial charge is 0.336 e. The minimum atomic E-state index is -0.936. The molecule has 2 aliphatic rings. The van der Waals surface area contributed by atoms with E-state index in [0.29, 0.717) is 42.7 Å². The number of nitrogens with one attached hydrogen (secondary N) is 1. The maximum absolute atomic E-state index is 13.0. The summed E-state index contributed by atoms with van der Waals surface area (Å²) in [5.74, 6) is -1.23. The summed E-state index contributed by atoms with van der Waals surface area (Å²) < 4.78 is 16.0. The van der Waals surface area contributed by atoms with E-state index in [1.54, 1.807) is 6.92 Å². The number of ketones is 1. The highest BCUT2D eigenvalue weighted by molar-refractivity contribution is 6.04. The van der Waals surface area contributed by atoms with Crippen LogP contribution < -0.4 is 14.8 Å². The van der Waals surface area contributed by atoms with Gasteiger partial charge < -0.3 is 19.5 Å². The van der Waals surface area contributed by atoms with Crippen LogP contribution in [0.2, 0.25) is 0 Å². The quantitative estimate of drug-likeness (QED) is 0.397. The standard InChI is InChI=1S/C22H26N2O7/c1-5-9-31-22(26)19-12(2)23-14-7-6-8-16(25)21(14)20(19)13-10-17(29-3)18(30-4)11-15(13)24(27)28/h10-11,20,23H,5-9H2,1-4H3/t20-/m0/s1. The molecule has 0 amide bonds. The molecule has 0 radical (unpaired) electrons. The number of nitrogens with zero attached hydrogens (tertiary/aromatic N) is 1. The first kappa shape index (κ1) is 22.3. The number of hydrogen-bond donors (Lipinski definition) is 1. The number of nitro groups is 1. The average Bonchev–Trinajstić information content (AvgIpc) is 2.75. The second-order valence-electron chi connectivity index (χ2n) is 7.42. The maximum atomic E-state index is 13.0. The maximum Gasteiger partial charge on any atom is 0.336 e. The Morgan fingerprint density at radius 3 is 2.52 bits per heavy atom. The van der Waals surface area contributed by atoms with Crippen molar-refractivity contribution in [3.05, 3.63) is 50.4 Å². The summed E-state index contributed by atoms with van der Waals surface area (Å²) in [7, 11) is 2.80. The minimum absolute atomic E-state index is 0.142. The molecule has 0 saturated heterocycles. The lowest BCUT2D eigenvalue weighted by Gasteiger charge is -2.34. The van der Waals surface area contributed by atoms with Crippen molar-refractivity contribution in [1.29, 1.82) is 0 Å². The van der Waals surface area contributed by atoms with Gasteiger partial charge in [-0.2, -0.15) is 0 Å². The van der Waals surface area contributed by atoms with E-state index in [9.17, 15) is 19.7 Å². The molecule has 166 valence electrons. The number of rotatable bonds is 7. The first-order valence-corrected chi connectivity index (χ1v) is 10.1. The molecule has 0 fully saturated rings. The molecular weight excluding hydrogens is 404 g/mol. The predicted octanol–water partition coefficient (Wildman–Crippen LogP) is 3.53. The van der Waals surface area contributed by atoms with Crippen molar-refractivity contribution in [3.63, 3.8) is 0 Å². The number of carbonyl (C=O) groups excluding carboxylic acids is 2. The summed E-state index contributed by atoms with van der Waals surface area (Å²) >= 11 is 0. The Morgan fingerprint density at radius 1 is 1.23 bits per heavy atom. The van der Waals surface area contributed by atoms with Crippen molar-refractivity contribution in [2.45, 2.75) is 45.4 Å². The van der Waals surface area contributed by atoms with E-state index in [2.05, 4.69) is 5.32 Å². The number of dihydropyridines is 1. The summed E-state index contributed by atoms with van der Waals surface area (Å²) in [4.78, 5) is 37.4. The summed E-state index contributed by atoms with van der Waals surface area (Å²) in [5, 5.41) is 15.1. The average molecular weight is 430 g/mol. The van der Waals surface area contributed by atoms with E-state index < -0.39 is 16.8 Å². The van der Waals surface area contributed by atoms with Crippen molar-refractivity contribution in [2.75, 3.05) is 20.8 Å². The van der Waals surface area contributed by atoms with Gasteiger partial charge in [0, 0.05) is 29.0 Å². The second-order valence-corrected chi connectivity index (χ2v) is 7.42. The first-order chi connectivity index (χ1) is 14.8. The van der Waals surface area contributed by atoms with Crippen LogP contribution in [0.15, 0.2) is 34.7 Å². The Bertz CT molecular complexity index is 994. The summed E-state index contributed by atoms with van der Waals surface area (Å²) in [6.45, 7) is 3.79. The van der Waals surface area contributed by atoms with E-state index in [4.69, 9.17) is 14.2 Å². The Morgan fingerprint density at radius 2 is 1.90 bits per heavy atom. The minimum Gasteiger partial charge on any atom is -0.493 e. The highest BCUT2D eigenvalue weighted by Gasteiger charge is 2.42. The van der Waals surface area contributed by atoms with Crippen molar-refractivity contribution in [1.82, 2.24) is 5.32 Å². The Kier molecular flexibility index (Phi) is 6.62. The van der Waals surface area contributed by atoms with Crippen LogP contribution in [0, 0.1) is 10.1 Å². The van der Waals surface area contributed by atoms with Gasteiger partial charge in [0.2, 0.25) is 0 Å². The largest absolute Gasteiger partial charge is 0.493 e. The van der Waals surface area contributed by atoms with Crippen molar-refractivity contribution in [2.24, 2.45) is 0 Å². The van der Waals surface area contributed by atoms with Crippen molar-refractivity contribution in [3.8, 4) is 11.5 Å². The summed E-state index contributed by atoms with van der Waals surface area (Å²) in [6, 6.07) is 2.73. The lowest BCUT2D eigenvalue weighted by Crippen LogP contribution is -2.34. The molecule has 1 aliphatic heterocycles. The zero-order valence-electron chi connectivity index (χ0n) is 18.1. The molecule has 0 unspecified atom stereocenters. The van der Waals surface area contributed by atoms with E-state index in [-0.39, 0.29) is 40.7 Å². The van der Waals surface area contributed by atoms with Crippen LogP contribution in [0.1, 0.15) is 51.0 Å². The van der Waals surface area contributed by atoms with E-state index in [1.807, 2.05) is 6.92 Å². The van der Waals surface area contributed by atoms with E-state index >= 15 is 0 Å². The fourth-order valence-corrected chi connectivity index (χ4v) is 4.11. The second kappa shape index (κ2) is 9.20. The van der Waals surface area contributed by atoms with Gasteiger partial charge in [0.15, 0.2) is 17.3 Å². The molecule has 1 heterocycles.